The van der Waals surface area contributed by atoms with Crippen molar-refractivity contribution >= 4 is 11.0 Å². The van der Waals surface area contributed by atoms with Crippen molar-refractivity contribution < 1.29 is 0 Å². The maximum atomic E-state index is 5.63. The smallest absolute Gasteiger partial charge is 0.112 e. The number of fused-ring (bicyclic) bond motifs is 1. The van der Waals surface area contributed by atoms with E-state index in [9.17, 15) is 0 Å². The van der Waals surface area contributed by atoms with Crippen LogP contribution >= 0.6 is 0 Å². The highest BCUT2D eigenvalue weighted by Gasteiger charge is 2.12. The first-order chi connectivity index (χ1) is 8.54. The van der Waals surface area contributed by atoms with Gasteiger partial charge in [0.25, 0.3) is 0 Å². The van der Waals surface area contributed by atoms with Crippen molar-refractivity contribution in [1.82, 2.24) is 9.55 Å². The molecule has 1 heterocycles. The normalized spacial score (nSPS) is 13.4. The summed E-state index contributed by atoms with van der Waals surface area (Å²) in [6, 6.07) is 6.59. The van der Waals surface area contributed by atoms with Crippen molar-refractivity contribution in [2.45, 2.75) is 39.0 Å². The van der Waals surface area contributed by atoms with Gasteiger partial charge in [-0.25, -0.2) is 4.98 Å². The summed E-state index contributed by atoms with van der Waals surface area (Å²) < 4.78 is 2.19. The van der Waals surface area contributed by atoms with Crippen LogP contribution in [0.15, 0.2) is 18.2 Å². The SMILES string of the molecule is CC(C)c1nc2cc(C(C)CCN)ccc2n1C. The monoisotopic (exact) mass is 245 g/mol. The van der Waals surface area contributed by atoms with Crippen molar-refractivity contribution in [3.63, 3.8) is 0 Å². The minimum Gasteiger partial charge on any atom is -0.331 e. The fourth-order valence-corrected chi connectivity index (χ4v) is 2.48. The Labute approximate surface area is 109 Å². The number of nitrogens with two attached hydrogens (primary N) is 1. The fourth-order valence-electron chi connectivity index (χ4n) is 2.48. The third-order valence-corrected chi connectivity index (χ3v) is 3.62. The van der Waals surface area contributed by atoms with E-state index in [-0.39, 0.29) is 0 Å². The average molecular weight is 245 g/mol. The zero-order valence-electron chi connectivity index (χ0n) is 11.8. The molecule has 0 amide bonds. The lowest BCUT2D eigenvalue weighted by atomic mass is 9.97. The lowest BCUT2D eigenvalue weighted by Gasteiger charge is -2.10. The Morgan fingerprint density at radius 1 is 1.28 bits per heavy atom. The van der Waals surface area contributed by atoms with Gasteiger partial charge in [0.05, 0.1) is 11.0 Å². The molecule has 0 aliphatic heterocycles. The van der Waals surface area contributed by atoms with Crippen molar-refractivity contribution in [3.8, 4) is 0 Å². The maximum absolute atomic E-state index is 5.63. The number of nitrogens with zero attached hydrogens (tertiary/aromatic N) is 2. The van der Waals surface area contributed by atoms with E-state index in [4.69, 9.17) is 10.7 Å². The van der Waals surface area contributed by atoms with Crippen molar-refractivity contribution in [1.29, 1.82) is 0 Å². The predicted molar refractivity (Wildman–Crippen MR) is 76.9 cm³/mol. The molecule has 18 heavy (non-hydrogen) atoms. The molecule has 1 atom stereocenters. The van der Waals surface area contributed by atoms with E-state index in [1.165, 1.54) is 11.1 Å². The van der Waals surface area contributed by atoms with Crippen molar-refractivity contribution in [3.05, 3.63) is 29.6 Å². The van der Waals surface area contributed by atoms with Gasteiger partial charge in [0.1, 0.15) is 5.82 Å². The molecule has 0 radical (unpaired) electrons. The number of rotatable bonds is 4. The molecule has 1 aromatic heterocycles. The summed E-state index contributed by atoms with van der Waals surface area (Å²) in [5, 5.41) is 0. The second-order valence-electron chi connectivity index (χ2n) is 5.41. The van der Waals surface area contributed by atoms with Crippen LogP contribution in [0.25, 0.3) is 11.0 Å². The highest BCUT2D eigenvalue weighted by Crippen LogP contribution is 2.25. The van der Waals surface area contributed by atoms with Crippen LogP contribution in [0, 0.1) is 0 Å². The summed E-state index contributed by atoms with van der Waals surface area (Å²) >= 11 is 0. The van der Waals surface area contributed by atoms with Gasteiger partial charge in [-0.05, 0) is 36.6 Å². The molecule has 0 fully saturated rings. The van der Waals surface area contributed by atoms with E-state index < -0.39 is 0 Å². The van der Waals surface area contributed by atoms with E-state index >= 15 is 0 Å². The first-order valence-corrected chi connectivity index (χ1v) is 6.71. The minimum absolute atomic E-state index is 0.451. The van der Waals surface area contributed by atoms with Gasteiger partial charge in [-0.1, -0.05) is 26.8 Å². The minimum atomic E-state index is 0.451. The summed E-state index contributed by atoms with van der Waals surface area (Å²) in [6.45, 7) is 7.32. The lowest BCUT2D eigenvalue weighted by molar-refractivity contribution is 0.691. The molecule has 3 heteroatoms. The number of hydrogen-bond donors (Lipinski definition) is 1. The van der Waals surface area contributed by atoms with E-state index in [0.29, 0.717) is 11.8 Å². The van der Waals surface area contributed by atoms with Crippen molar-refractivity contribution in [2.75, 3.05) is 6.54 Å². The Hall–Kier alpha value is -1.35. The topological polar surface area (TPSA) is 43.8 Å². The average Bonchev–Trinajstić information content (AvgIpc) is 2.67. The van der Waals surface area contributed by atoms with E-state index in [2.05, 4.69) is 50.6 Å². The Morgan fingerprint density at radius 2 is 2.00 bits per heavy atom. The first kappa shape index (κ1) is 13.1. The Bertz CT molecular complexity index is 540. The Morgan fingerprint density at radius 3 is 2.61 bits per heavy atom. The largest absolute Gasteiger partial charge is 0.331 e. The molecule has 2 rings (SSSR count). The Balaban J connectivity index is 2.46. The quantitative estimate of drug-likeness (QED) is 0.899. The molecule has 0 saturated heterocycles. The van der Waals surface area contributed by atoms with Gasteiger partial charge in [0.2, 0.25) is 0 Å². The van der Waals surface area contributed by atoms with Gasteiger partial charge in [-0.15, -0.1) is 0 Å². The molecule has 0 aliphatic carbocycles. The molecule has 0 saturated carbocycles. The third kappa shape index (κ3) is 2.27. The van der Waals surface area contributed by atoms with Crippen LogP contribution in [0.4, 0.5) is 0 Å². The van der Waals surface area contributed by atoms with E-state index in [1.54, 1.807) is 0 Å². The molecule has 2 N–H and O–H groups in total. The molecule has 1 unspecified atom stereocenters. The van der Waals surface area contributed by atoms with Gasteiger partial charge in [-0.2, -0.15) is 0 Å². The van der Waals surface area contributed by atoms with Gasteiger partial charge in [0.15, 0.2) is 0 Å². The molecule has 2 aromatic rings. The lowest BCUT2D eigenvalue weighted by Crippen LogP contribution is -2.04. The molecular formula is C15H23N3. The molecular weight excluding hydrogens is 222 g/mol. The van der Waals surface area contributed by atoms with Gasteiger partial charge in [-0.3, -0.25) is 0 Å². The molecule has 98 valence electrons. The second-order valence-corrected chi connectivity index (χ2v) is 5.41. The molecule has 1 aromatic carbocycles. The third-order valence-electron chi connectivity index (χ3n) is 3.62. The highest BCUT2D eigenvalue weighted by atomic mass is 15.1. The molecule has 0 bridgehead atoms. The predicted octanol–water partition coefficient (Wildman–Crippen LogP) is 3.15. The van der Waals surface area contributed by atoms with Crippen LogP contribution in [-0.4, -0.2) is 16.1 Å². The summed E-state index contributed by atoms with van der Waals surface area (Å²) in [5.41, 5.74) is 9.27. The second kappa shape index (κ2) is 5.11. The standard InChI is InChI=1S/C15H23N3/c1-10(2)15-17-13-9-12(11(3)7-8-16)5-6-14(13)18(15)4/h5-6,9-11H,7-8,16H2,1-4H3. The van der Waals surface area contributed by atoms with Crippen LogP contribution in [0.3, 0.4) is 0 Å². The van der Waals surface area contributed by atoms with Crippen LogP contribution in [0.1, 0.15) is 50.4 Å². The van der Waals surface area contributed by atoms with Gasteiger partial charge >= 0.3 is 0 Å². The Kier molecular flexibility index (Phi) is 3.71. The van der Waals surface area contributed by atoms with E-state index in [0.717, 1.165) is 24.3 Å². The number of imidazole rings is 1. The van der Waals surface area contributed by atoms with E-state index in [1.807, 2.05) is 0 Å². The highest BCUT2D eigenvalue weighted by molar-refractivity contribution is 5.77. The summed E-state index contributed by atoms with van der Waals surface area (Å²) in [4.78, 5) is 4.75. The zero-order chi connectivity index (χ0) is 13.3. The number of aryl methyl sites for hydroxylation is 1. The first-order valence-electron chi connectivity index (χ1n) is 6.71. The van der Waals surface area contributed by atoms with Gasteiger partial charge in [0, 0.05) is 13.0 Å². The van der Waals surface area contributed by atoms with Crippen molar-refractivity contribution in [2.24, 2.45) is 12.8 Å². The molecule has 3 nitrogen and oxygen atoms in total. The summed E-state index contributed by atoms with van der Waals surface area (Å²) in [7, 11) is 2.09. The maximum Gasteiger partial charge on any atom is 0.112 e. The number of benzene rings is 1. The number of hydrogen-bond acceptors (Lipinski definition) is 2. The van der Waals surface area contributed by atoms with Gasteiger partial charge < -0.3 is 10.3 Å². The summed E-state index contributed by atoms with van der Waals surface area (Å²) in [5.74, 6) is 2.10. The van der Waals surface area contributed by atoms with Crippen LogP contribution in [0.2, 0.25) is 0 Å². The molecule has 0 spiro atoms. The summed E-state index contributed by atoms with van der Waals surface area (Å²) in [6.07, 6.45) is 1.02. The van der Waals surface area contributed by atoms with Crippen LogP contribution < -0.4 is 5.73 Å². The molecule has 0 aliphatic rings. The van der Waals surface area contributed by atoms with Crippen LogP contribution in [-0.2, 0) is 7.05 Å². The van der Waals surface area contributed by atoms with Crippen LogP contribution in [0.5, 0.6) is 0 Å². The zero-order valence-corrected chi connectivity index (χ0v) is 11.8. The number of aromatic nitrogens is 2. The fraction of sp³-hybridized carbons (Fsp3) is 0.533.